The standard InChI is InChI=1S/C24H27FN4/c25-20-3-1-19(2-4-20)24-22(17-5-10-26-11-6-17)15-23(28-24)18-8-13-29(14-9-18)16-21-7-12-27-21/h1-6,10-11,15,18,21,27-28H,7-9,12-14,16H2/t21-/m0/s1. The Morgan fingerprint density at radius 3 is 2.34 bits per heavy atom. The Morgan fingerprint density at radius 1 is 0.966 bits per heavy atom. The molecule has 1 atom stereocenters. The molecule has 2 N–H and O–H groups in total. The highest BCUT2D eigenvalue weighted by Gasteiger charge is 2.26. The summed E-state index contributed by atoms with van der Waals surface area (Å²) in [5.74, 6) is 0.328. The summed E-state index contributed by atoms with van der Waals surface area (Å²) in [6.07, 6.45) is 7.30. The summed E-state index contributed by atoms with van der Waals surface area (Å²) in [5, 5.41) is 3.51. The zero-order chi connectivity index (χ0) is 19.6. The van der Waals surface area contributed by atoms with Gasteiger partial charge in [-0.05, 0) is 92.5 Å². The Morgan fingerprint density at radius 2 is 1.69 bits per heavy atom. The molecule has 0 unspecified atom stereocenters. The van der Waals surface area contributed by atoms with Crippen LogP contribution in [-0.4, -0.2) is 47.1 Å². The number of H-pyrrole nitrogens is 1. The maximum atomic E-state index is 13.5. The first kappa shape index (κ1) is 18.5. The third kappa shape index (κ3) is 3.98. The molecule has 2 aliphatic rings. The van der Waals surface area contributed by atoms with Crippen LogP contribution in [-0.2, 0) is 0 Å². The Kier molecular flexibility index (Phi) is 5.17. The van der Waals surface area contributed by atoms with Gasteiger partial charge in [-0.25, -0.2) is 4.39 Å². The summed E-state index contributed by atoms with van der Waals surface area (Å²) in [7, 11) is 0. The second-order valence-electron chi connectivity index (χ2n) is 8.27. The molecule has 0 amide bonds. The van der Waals surface area contributed by atoms with Crippen molar-refractivity contribution in [2.45, 2.75) is 31.2 Å². The van der Waals surface area contributed by atoms with Crippen LogP contribution in [0.4, 0.5) is 4.39 Å². The van der Waals surface area contributed by atoms with Gasteiger partial charge in [0, 0.05) is 42.2 Å². The predicted molar refractivity (Wildman–Crippen MR) is 114 cm³/mol. The van der Waals surface area contributed by atoms with Crippen LogP contribution in [0.1, 0.15) is 30.9 Å². The highest BCUT2D eigenvalue weighted by atomic mass is 19.1. The van der Waals surface area contributed by atoms with Gasteiger partial charge in [-0.15, -0.1) is 0 Å². The van der Waals surface area contributed by atoms with Crippen molar-refractivity contribution in [2.24, 2.45) is 0 Å². The van der Waals surface area contributed by atoms with Crippen molar-refractivity contribution in [3.8, 4) is 22.4 Å². The van der Waals surface area contributed by atoms with Gasteiger partial charge >= 0.3 is 0 Å². The quantitative estimate of drug-likeness (QED) is 0.678. The summed E-state index contributed by atoms with van der Waals surface area (Å²) in [6.45, 7) is 4.66. The van der Waals surface area contributed by atoms with Crippen LogP contribution in [0.2, 0.25) is 0 Å². The lowest BCUT2D eigenvalue weighted by Gasteiger charge is -2.37. The minimum absolute atomic E-state index is 0.209. The smallest absolute Gasteiger partial charge is 0.123 e. The number of aromatic amines is 1. The molecule has 5 rings (SSSR count). The predicted octanol–water partition coefficient (Wildman–Crippen LogP) is 4.42. The molecule has 1 aromatic carbocycles. The molecule has 5 heteroatoms. The van der Waals surface area contributed by atoms with E-state index in [0.717, 1.165) is 35.5 Å². The van der Waals surface area contributed by atoms with E-state index in [-0.39, 0.29) is 5.82 Å². The molecule has 29 heavy (non-hydrogen) atoms. The number of aromatic nitrogens is 2. The molecular formula is C24H27FN4. The molecule has 4 nitrogen and oxygen atoms in total. The van der Waals surface area contributed by atoms with Crippen molar-refractivity contribution in [1.29, 1.82) is 0 Å². The normalized spacial score (nSPS) is 20.5. The zero-order valence-electron chi connectivity index (χ0n) is 16.6. The monoisotopic (exact) mass is 390 g/mol. The van der Waals surface area contributed by atoms with Crippen molar-refractivity contribution in [3.05, 3.63) is 66.4 Å². The zero-order valence-corrected chi connectivity index (χ0v) is 16.6. The number of rotatable bonds is 5. The second kappa shape index (κ2) is 8.09. The van der Waals surface area contributed by atoms with Crippen LogP contribution in [0.3, 0.4) is 0 Å². The number of hydrogen-bond donors (Lipinski definition) is 2. The third-order valence-electron chi connectivity index (χ3n) is 6.39. The molecule has 2 fully saturated rings. The average Bonchev–Trinajstić information content (AvgIpc) is 3.18. The van der Waals surface area contributed by atoms with E-state index in [1.807, 2.05) is 36.7 Å². The average molecular weight is 391 g/mol. The van der Waals surface area contributed by atoms with Gasteiger partial charge in [-0.2, -0.15) is 0 Å². The van der Waals surface area contributed by atoms with Crippen LogP contribution in [0.25, 0.3) is 22.4 Å². The number of piperidine rings is 1. The van der Waals surface area contributed by atoms with Gasteiger partial charge in [0.1, 0.15) is 5.82 Å². The van der Waals surface area contributed by atoms with E-state index in [4.69, 9.17) is 0 Å². The maximum Gasteiger partial charge on any atom is 0.123 e. The Labute approximate surface area is 171 Å². The highest BCUT2D eigenvalue weighted by Crippen LogP contribution is 2.37. The summed E-state index contributed by atoms with van der Waals surface area (Å²) in [5.41, 5.74) is 5.66. The molecule has 2 aliphatic heterocycles. The number of likely N-dealkylation sites (tertiary alicyclic amines) is 1. The molecular weight excluding hydrogens is 363 g/mol. The fourth-order valence-electron chi connectivity index (χ4n) is 4.54. The van der Waals surface area contributed by atoms with Gasteiger partial charge in [-0.1, -0.05) is 0 Å². The topological polar surface area (TPSA) is 44.0 Å². The maximum absolute atomic E-state index is 13.5. The molecule has 0 bridgehead atoms. The number of halogens is 1. The Balaban J connectivity index is 1.40. The summed E-state index contributed by atoms with van der Waals surface area (Å²) >= 11 is 0. The number of nitrogens with zero attached hydrogens (tertiary/aromatic N) is 2. The fraction of sp³-hybridized carbons (Fsp3) is 0.375. The molecule has 0 radical (unpaired) electrons. The lowest BCUT2D eigenvalue weighted by atomic mass is 9.92. The molecule has 4 heterocycles. The van der Waals surface area contributed by atoms with Crippen LogP contribution in [0.5, 0.6) is 0 Å². The lowest BCUT2D eigenvalue weighted by molar-refractivity contribution is 0.169. The molecule has 0 saturated carbocycles. The number of pyridine rings is 1. The van der Waals surface area contributed by atoms with Crippen LogP contribution in [0, 0.1) is 5.82 Å². The molecule has 0 aliphatic carbocycles. The van der Waals surface area contributed by atoms with Crippen LogP contribution in [0.15, 0.2) is 54.9 Å². The highest BCUT2D eigenvalue weighted by molar-refractivity contribution is 5.82. The summed E-state index contributed by atoms with van der Waals surface area (Å²) in [4.78, 5) is 10.4. The van der Waals surface area contributed by atoms with E-state index in [0.29, 0.717) is 12.0 Å². The number of benzene rings is 1. The van der Waals surface area contributed by atoms with Crippen molar-refractivity contribution < 1.29 is 4.39 Å². The second-order valence-corrected chi connectivity index (χ2v) is 8.27. The van der Waals surface area contributed by atoms with Gasteiger partial charge in [0.2, 0.25) is 0 Å². The van der Waals surface area contributed by atoms with Crippen molar-refractivity contribution in [2.75, 3.05) is 26.2 Å². The van der Waals surface area contributed by atoms with Gasteiger partial charge in [0.05, 0.1) is 5.69 Å². The van der Waals surface area contributed by atoms with Gasteiger partial charge in [0.25, 0.3) is 0 Å². The molecule has 2 saturated heterocycles. The fourth-order valence-corrected chi connectivity index (χ4v) is 4.54. The summed E-state index contributed by atoms with van der Waals surface area (Å²) in [6, 6.07) is 13.8. The third-order valence-corrected chi connectivity index (χ3v) is 6.39. The molecule has 3 aromatic rings. The van der Waals surface area contributed by atoms with Crippen molar-refractivity contribution in [3.63, 3.8) is 0 Å². The molecule has 2 aromatic heterocycles. The van der Waals surface area contributed by atoms with Crippen molar-refractivity contribution >= 4 is 0 Å². The minimum Gasteiger partial charge on any atom is -0.358 e. The van der Waals surface area contributed by atoms with Crippen LogP contribution >= 0.6 is 0 Å². The first-order valence-corrected chi connectivity index (χ1v) is 10.6. The first-order chi connectivity index (χ1) is 14.3. The molecule has 0 spiro atoms. The number of nitrogens with one attached hydrogen (secondary N) is 2. The number of hydrogen-bond acceptors (Lipinski definition) is 3. The van der Waals surface area contributed by atoms with E-state index in [9.17, 15) is 4.39 Å². The first-order valence-electron chi connectivity index (χ1n) is 10.6. The largest absolute Gasteiger partial charge is 0.358 e. The minimum atomic E-state index is -0.209. The van der Waals surface area contributed by atoms with Gasteiger partial charge < -0.3 is 15.2 Å². The van der Waals surface area contributed by atoms with Crippen molar-refractivity contribution in [1.82, 2.24) is 20.2 Å². The Hall–Kier alpha value is -2.50. The van der Waals surface area contributed by atoms with E-state index >= 15 is 0 Å². The van der Waals surface area contributed by atoms with E-state index in [1.165, 1.54) is 50.2 Å². The van der Waals surface area contributed by atoms with E-state index in [2.05, 4.69) is 26.3 Å². The van der Waals surface area contributed by atoms with Gasteiger partial charge in [0.15, 0.2) is 0 Å². The van der Waals surface area contributed by atoms with E-state index in [1.54, 1.807) is 0 Å². The SMILES string of the molecule is Fc1ccc(-c2[nH]c(C3CCN(C[C@@H]4CCN4)CC3)cc2-c2ccncc2)cc1. The molecule has 150 valence electrons. The summed E-state index contributed by atoms with van der Waals surface area (Å²) < 4.78 is 13.5. The van der Waals surface area contributed by atoms with E-state index < -0.39 is 0 Å². The lowest BCUT2D eigenvalue weighted by Crippen LogP contribution is -2.51. The van der Waals surface area contributed by atoms with Crippen LogP contribution < -0.4 is 5.32 Å². The van der Waals surface area contributed by atoms with Gasteiger partial charge in [-0.3, -0.25) is 4.98 Å². The Bertz CT molecular complexity index is 939.